The number of unbranched alkanes of at least 4 members (excludes halogenated alkanes) is 2. The molecule has 23 heteroatoms. The van der Waals surface area contributed by atoms with Crippen LogP contribution in [0.4, 0.5) is 31.4 Å². The van der Waals surface area contributed by atoms with Gasteiger partial charge in [-0.25, -0.2) is 24.2 Å². The molecule has 0 aliphatic carbocycles. The molecule has 4 aliphatic heterocycles. The molecule has 0 saturated carbocycles. The quantitative estimate of drug-likeness (QED) is 0.0461. The van der Waals surface area contributed by atoms with Crippen LogP contribution in [0.25, 0.3) is 0 Å². The molecule has 4 heterocycles. The number of rotatable bonds is 20. The molecule has 2 saturated heterocycles. The Morgan fingerprint density at radius 1 is 0.709 bits per heavy atom. The summed E-state index contributed by atoms with van der Waals surface area (Å²) >= 11 is 0. The van der Waals surface area contributed by atoms with Crippen molar-refractivity contribution in [2.24, 2.45) is 5.92 Å². The number of alkyl carbamates (subject to hydrolysis) is 1. The van der Waals surface area contributed by atoms with Gasteiger partial charge >= 0.3 is 18.3 Å². The number of nitrogens with one attached hydrogen (secondary N) is 3. The molecule has 0 unspecified atom stereocenters. The fourth-order valence-corrected chi connectivity index (χ4v) is 9.86. The van der Waals surface area contributed by atoms with Crippen LogP contribution in [0.3, 0.4) is 0 Å². The summed E-state index contributed by atoms with van der Waals surface area (Å²) in [6.07, 6.45) is -0.0367. The van der Waals surface area contributed by atoms with E-state index in [0.717, 1.165) is 9.80 Å². The number of nitrogens with zero attached hydrogens (tertiary/aromatic N) is 4. The van der Waals surface area contributed by atoms with E-state index < -0.39 is 78.2 Å². The number of aliphatic hydroxyl groups is 2. The van der Waals surface area contributed by atoms with Crippen molar-refractivity contribution >= 4 is 59.0 Å². The van der Waals surface area contributed by atoms with Crippen molar-refractivity contribution in [3.63, 3.8) is 0 Å². The maximum Gasteiger partial charge on any atom is 0.417 e. The van der Waals surface area contributed by atoms with Crippen LogP contribution in [0.15, 0.2) is 61.2 Å². The van der Waals surface area contributed by atoms with Gasteiger partial charge in [0.15, 0.2) is 35.5 Å². The van der Waals surface area contributed by atoms with E-state index in [1.807, 2.05) is 0 Å². The molecule has 4 aliphatic rings. The molecular weight excluding hydrogens is 1030 g/mol. The number of hydrogen-bond donors (Lipinski definition) is 5. The van der Waals surface area contributed by atoms with Gasteiger partial charge in [0.2, 0.25) is 11.8 Å². The molecule has 0 aromatic heterocycles. The van der Waals surface area contributed by atoms with Gasteiger partial charge in [-0.05, 0) is 108 Å². The summed E-state index contributed by atoms with van der Waals surface area (Å²) in [5.41, 5.74) is 0.534. The standard InChI is InChI=1S/C56H73N7O16/c1-10-24-77-53(70)59-46(32(2)3)48(65)57-33(4)47(64)58-35-20-18-34(19-21-35)31-78-54(71)62-40-29-44(42(73-8)27-36(40)49(66)60-22-14-16-38(60)51(62)68)75-25-12-11-13-26-76-45-30-41-37(28-43(45)74-9)50(67)61-23-15-17-39(61)52(69)63(41)55(72)79-56(5,6)7/h10,18-21,27-30,32-33,38-39,46,51-52,68-69H,1,11-17,22-26,31H2,2-9H3,(H,57,65)(H,58,64)(H,59,70)/t33-,38-,39-,46-,51-,52-/m0/s1. The molecule has 3 aromatic carbocycles. The van der Waals surface area contributed by atoms with Gasteiger partial charge in [-0.1, -0.05) is 38.6 Å². The number of benzene rings is 3. The van der Waals surface area contributed by atoms with Crippen LogP contribution in [-0.2, 0) is 30.4 Å². The molecule has 0 bridgehead atoms. The molecule has 5 N–H and O–H groups in total. The molecule has 428 valence electrons. The van der Waals surface area contributed by atoms with Gasteiger partial charge < -0.3 is 69.1 Å². The van der Waals surface area contributed by atoms with Crippen LogP contribution < -0.4 is 44.7 Å². The summed E-state index contributed by atoms with van der Waals surface area (Å²) in [7, 11) is 2.88. The third-order valence-corrected chi connectivity index (χ3v) is 13.9. The van der Waals surface area contributed by atoms with Crippen molar-refractivity contribution in [2.45, 2.75) is 135 Å². The lowest BCUT2D eigenvalue weighted by Gasteiger charge is -2.33. The van der Waals surface area contributed by atoms with Gasteiger partial charge in [0.05, 0.1) is 62.0 Å². The third kappa shape index (κ3) is 13.7. The highest BCUT2D eigenvalue weighted by Crippen LogP contribution is 2.43. The van der Waals surface area contributed by atoms with Gasteiger partial charge in [0, 0.05) is 30.9 Å². The van der Waals surface area contributed by atoms with Crippen LogP contribution in [0.5, 0.6) is 23.0 Å². The van der Waals surface area contributed by atoms with Crippen molar-refractivity contribution in [1.82, 2.24) is 20.4 Å². The second-order valence-corrected chi connectivity index (χ2v) is 21.0. The topological polar surface area (TPSA) is 274 Å². The lowest BCUT2D eigenvalue weighted by Crippen LogP contribution is -2.53. The number of carbonyl (C=O) groups excluding carboxylic acids is 7. The number of amides is 7. The summed E-state index contributed by atoms with van der Waals surface area (Å²) in [6.45, 7) is 14.5. The van der Waals surface area contributed by atoms with E-state index in [4.69, 9.17) is 33.2 Å². The second-order valence-electron chi connectivity index (χ2n) is 21.0. The Kier molecular flexibility index (Phi) is 19.2. The normalized spacial score (nSPS) is 19.3. The van der Waals surface area contributed by atoms with Gasteiger partial charge in [0.25, 0.3) is 11.8 Å². The minimum absolute atomic E-state index is 0.0354. The number of hydrogen-bond acceptors (Lipinski definition) is 16. The fraction of sp³-hybridized carbons (Fsp3) is 0.518. The largest absolute Gasteiger partial charge is 0.493 e. The van der Waals surface area contributed by atoms with E-state index in [1.54, 1.807) is 68.7 Å². The molecule has 23 nitrogen and oxygen atoms in total. The van der Waals surface area contributed by atoms with Crippen molar-refractivity contribution in [3.8, 4) is 23.0 Å². The minimum Gasteiger partial charge on any atom is -0.493 e. The molecule has 3 aromatic rings. The number of ether oxygens (including phenoxy) is 7. The van der Waals surface area contributed by atoms with Crippen LogP contribution >= 0.6 is 0 Å². The zero-order chi connectivity index (χ0) is 57.3. The van der Waals surface area contributed by atoms with E-state index >= 15 is 0 Å². The first-order valence-electron chi connectivity index (χ1n) is 26.6. The van der Waals surface area contributed by atoms with E-state index in [1.165, 1.54) is 51.5 Å². The Labute approximate surface area is 459 Å². The van der Waals surface area contributed by atoms with Crippen LogP contribution in [0.2, 0.25) is 0 Å². The summed E-state index contributed by atoms with van der Waals surface area (Å²) in [5, 5.41) is 31.2. The highest BCUT2D eigenvalue weighted by Gasteiger charge is 2.47. The Morgan fingerprint density at radius 2 is 1.23 bits per heavy atom. The Bertz CT molecular complexity index is 2750. The van der Waals surface area contributed by atoms with E-state index in [0.29, 0.717) is 69.3 Å². The second kappa shape index (κ2) is 25.8. The predicted molar refractivity (Wildman–Crippen MR) is 288 cm³/mol. The van der Waals surface area contributed by atoms with Crippen molar-refractivity contribution in [2.75, 3.05) is 62.2 Å². The third-order valence-electron chi connectivity index (χ3n) is 13.9. The summed E-state index contributed by atoms with van der Waals surface area (Å²) in [6, 6.07) is 9.16. The number of carbonyl (C=O) groups is 7. The first kappa shape index (κ1) is 58.9. The first-order chi connectivity index (χ1) is 37.7. The summed E-state index contributed by atoms with van der Waals surface area (Å²) < 4.78 is 40.1. The lowest BCUT2D eigenvalue weighted by atomic mass is 10.0. The smallest absolute Gasteiger partial charge is 0.417 e. The maximum atomic E-state index is 14.1. The first-order valence-corrected chi connectivity index (χ1v) is 26.6. The van der Waals surface area contributed by atoms with Crippen LogP contribution in [0.1, 0.15) is 113 Å². The maximum absolute atomic E-state index is 14.1. The van der Waals surface area contributed by atoms with Crippen molar-refractivity contribution in [1.29, 1.82) is 0 Å². The molecule has 6 atom stereocenters. The highest BCUT2D eigenvalue weighted by atomic mass is 16.6. The Hall–Kier alpha value is -7.79. The Balaban J connectivity index is 0.970. The zero-order valence-electron chi connectivity index (χ0n) is 46.0. The van der Waals surface area contributed by atoms with Gasteiger partial charge in [-0.2, -0.15) is 0 Å². The molecule has 0 spiro atoms. The SMILES string of the molecule is C=CCOC(=O)N[C@H](C(=O)N[C@@H](C)C(=O)Nc1ccc(COC(=O)N2c3cc(OCCCCCOc4cc5c(cc4OC)C(=O)N4CCC[C@H]4[C@H](O)N5C(=O)OC(C)(C)C)c(OC)cc3C(=O)N3CCC[C@H]3[C@@H]2O)cc1)C(C)C. The van der Waals surface area contributed by atoms with Crippen molar-refractivity contribution < 1.29 is 76.9 Å². The summed E-state index contributed by atoms with van der Waals surface area (Å²) in [5.74, 6) is -1.17. The fourth-order valence-electron chi connectivity index (χ4n) is 9.86. The molecule has 7 rings (SSSR count). The number of fused-ring (bicyclic) bond motifs is 4. The highest BCUT2D eigenvalue weighted by molar-refractivity contribution is 6.07. The molecule has 0 radical (unpaired) electrons. The van der Waals surface area contributed by atoms with Gasteiger partial charge in [-0.3, -0.25) is 19.2 Å². The predicted octanol–water partition coefficient (Wildman–Crippen LogP) is 6.47. The number of anilines is 3. The molecule has 79 heavy (non-hydrogen) atoms. The average molecular weight is 1100 g/mol. The minimum atomic E-state index is -1.47. The zero-order valence-corrected chi connectivity index (χ0v) is 46.0. The monoisotopic (exact) mass is 1100 g/mol. The molecule has 2 fully saturated rings. The van der Waals surface area contributed by atoms with E-state index in [9.17, 15) is 43.8 Å². The van der Waals surface area contributed by atoms with Crippen LogP contribution in [0, 0.1) is 5.92 Å². The Morgan fingerprint density at radius 3 is 1.71 bits per heavy atom. The number of aliphatic hydroxyl groups excluding tert-OH is 2. The molecule has 7 amide bonds. The van der Waals surface area contributed by atoms with Gasteiger partial charge in [-0.15, -0.1) is 0 Å². The number of methoxy groups -OCH3 is 2. The van der Waals surface area contributed by atoms with E-state index in [2.05, 4.69) is 22.5 Å². The molecular formula is C56H73N7O16. The van der Waals surface area contributed by atoms with E-state index in [-0.39, 0.29) is 83.8 Å². The summed E-state index contributed by atoms with van der Waals surface area (Å²) in [4.78, 5) is 99.2. The average Bonchev–Trinajstić information content (AvgIpc) is 4.32. The van der Waals surface area contributed by atoms with Crippen LogP contribution in [-0.4, -0.2) is 151 Å². The van der Waals surface area contributed by atoms with Gasteiger partial charge in [0.1, 0.15) is 30.9 Å². The van der Waals surface area contributed by atoms with Crippen molar-refractivity contribution in [3.05, 3.63) is 77.9 Å². The lowest BCUT2D eigenvalue weighted by molar-refractivity contribution is -0.128.